The number of nitrogens with two attached hydrogens (primary N) is 1. The van der Waals surface area contributed by atoms with Gasteiger partial charge in [0.25, 0.3) is 5.91 Å². The van der Waals surface area contributed by atoms with E-state index in [0.717, 1.165) is 6.07 Å². The molecule has 1 amide bonds. The van der Waals surface area contributed by atoms with Crippen molar-refractivity contribution in [1.29, 1.82) is 0 Å². The zero-order valence-electron chi connectivity index (χ0n) is 17.6. The number of rotatable bonds is 2. The van der Waals surface area contributed by atoms with Crippen LogP contribution in [-0.4, -0.2) is 68.5 Å². The van der Waals surface area contributed by atoms with Crippen molar-refractivity contribution in [1.82, 2.24) is 4.90 Å². The maximum absolute atomic E-state index is 14.7. The molecule has 0 aliphatic heterocycles. The topological polar surface area (TPSA) is 161 Å². The standard InChI is InChI=1S/C22H23FN2O7/c1-7-4-11(23)9-5-8-6-10-15(25(2)3)18(28)14(21(24)31)20(30)22(10,32)19(29)12(8)17(27)13(9)16(7)26/h4,8,10,15,26-27,30,32H,5-6H2,1-3H3,(H2,24,31)/t8-,10-,15-,22-/m0/s1. The van der Waals surface area contributed by atoms with Gasteiger partial charge in [0.1, 0.15) is 28.7 Å². The van der Waals surface area contributed by atoms with E-state index < -0.39 is 69.6 Å². The first kappa shape index (κ1) is 22.0. The molecular formula is C22H23FN2O7. The molecule has 1 saturated carbocycles. The van der Waals surface area contributed by atoms with Gasteiger partial charge in [0.2, 0.25) is 5.78 Å². The summed E-state index contributed by atoms with van der Waals surface area (Å²) in [4.78, 5) is 39.8. The van der Waals surface area contributed by atoms with Gasteiger partial charge in [-0.3, -0.25) is 19.3 Å². The summed E-state index contributed by atoms with van der Waals surface area (Å²) in [6.07, 6.45) is -0.159. The quantitative estimate of drug-likeness (QED) is 0.408. The van der Waals surface area contributed by atoms with Crippen molar-refractivity contribution in [3.05, 3.63) is 45.5 Å². The van der Waals surface area contributed by atoms with Gasteiger partial charge in [0, 0.05) is 17.1 Å². The average Bonchev–Trinajstić information content (AvgIpc) is 2.68. The number of aryl methyl sites for hydroxylation is 1. The third-order valence-electron chi connectivity index (χ3n) is 6.86. The third kappa shape index (κ3) is 2.59. The number of hydrogen-bond donors (Lipinski definition) is 5. The van der Waals surface area contributed by atoms with Gasteiger partial charge in [-0.05, 0) is 51.4 Å². The Bertz CT molecular complexity index is 1170. The lowest BCUT2D eigenvalue weighted by Crippen LogP contribution is -2.65. The van der Waals surface area contributed by atoms with Crippen LogP contribution in [0.2, 0.25) is 0 Å². The minimum absolute atomic E-state index is 0.0127. The van der Waals surface area contributed by atoms with Crippen LogP contribution in [0.25, 0.3) is 5.76 Å². The number of aliphatic hydroxyl groups excluding tert-OH is 2. The highest BCUT2D eigenvalue weighted by Gasteiger charge is 2.64. The smallest absolute Gasteiger partial charge is 0.255 e. The Balaban J connectivity index is 2.00. The number of amides is 1. The van der Waals surface area contributed by atoms with Gasteiger partial charge < -0.3 is 26.2 Å². The molecule has 32 heavy (non-hydrogen) atoms. The van der Waals surface area contributed by atoms with Gasteiger partial charge in [-0.2, -0.15) is 0 Å². The number of ketones is 2. The number of hydrogen-bond acceptors (Lipinski definition) is 8. The first-order valence-electron chi connectivity index (χ1n) is 9.99. The summed E-state index contributed by atoms with van der Waals surface area (Å²) < 4.78 is 14.7. The SMILES string of the molecule is Cc1cc(F)c2c(c1O)C(O)=C1C(=O)[C@]3(O)C(O)=C(C(N)=O)C(=O)[C@@H](N(C)C)[C@@H]3C[C@@H]1C2. The van der Waals surface area contributed by atoms with E-state index in [-0.39, 0.29) is 35.1 Å². The van der Waals surface area contributed by atoms with Crippen LogP contribution in [0.5, 0.6) is 5.75 Å². The Morgan fingerprint density at radius 2 is 1.88 bits per heavy atom. The number of Topliss-reactive ketones (excluding diaryl/α,β-unsaturated/α-hetero) is 2. The Morgan fingerprint density at radius 3 is 2.44 bits per heavy atom. The van der Waals surface area contributed by atoms with E-state index in [1.54, 1.807) is 0 Å². The van der Waals surface area contributed by atoms with E-state index in [1.165, 1.54) is 25.9 Å². The lowest BCUT2D eigenvalue weighted by Gasteiger charge is -2.50. The first-order chi connectivity index (χ1) is 14.8. The van der Waals surface area contributed by atoms with Crippen molar-refractivity contribution in [3.63, 3.8) is 0 Å². The normalized spacial score (nSPS) is 29.8. The van der Waals surface area contributed by atoms with E-state index >= 15 is 0 Å². The molecule has 3 aliphatic carbocycles. The second-order valence-electron chi connectivity index (χ2n) is 8.84. The van der Waals surface area contributed by atoms with Gasteiger partial charge in [-0.25, -0.2) is 4.39 Å². The van der Waals surface area contributed by atoms with Crippen molar-refractivity contribution in [2.24, 2.45) is 17.6 Å². The molecule has 1 aromatic carbocycles. The van der Waals surface area contributed by atoms with Crippen molar-refractivity contribution < 1.29 is 39.2 Å². The maximum atomic E-state index is 14.7. The fourth-order valence-electron chi connectivity index (χ4n) is 5.39. The largest absolute Gasteiger partial charge is 0.508 e. The molecule has 0 radical (unpaired) electrons. The van der Waals surface area contributed by atoms with Gasteiger partial charge in [0.15, 0.2) is 11.4 Å². The van der Waals surface area contributed by atoms with Gasteiger partial charge in [-0.1, -0.05) is 0 Å². The summed E-state index contributed by atoms with van der Waals surface area (Å²) in [6, 6.07) is -0.0582. The molecule has 3 aliphatic rings. The summed E-state index contributed by atoms with van der Waals surface area (Å²) >= 11 is 0. The van der Waals surface area contributed by atoms with Crippen molar-refractivity contribution in [3.8, 4) is 5.75 Å². The van der Waals surface area contributed by atoms with E-state index in [0.29, 0.717) is 0 Å². The third-order valence-corrected chi connectivity index (χ3v) is 6.86. The second-order valence-corrected chi connectivity index (χ2v) is 8.84. The number of nitrogens with zero attached hydrogens (tertiary/aromatic N) is 1. The zero-order chi connectivity index (χ0) is 23.9. The molecule has 0 bridgehead atoms. The van der Waals surface area contributed by atoms with Crippen LogP contribution < -0.4 is 5.73 Å². The predicted octanol–water partition coefficient (Wildman–Crippen LogP) is 0.412. The lowest BCUT2D eigenvalue weighted by atomic mass is 9.57. The Kier molecular flexibility index (Phi) is 4.72. The maximum Gasteiger partial charge on any atom is 0.255 e. The minimum Gasteiger partial charge on any atom is -0.508 e. The number of fused-ring (bicyclic) bond motifs is 3. The van der Waals surface area contributed by atoms with Crippen LogP contribution in [0.15, 0.2) is 23.0 Å². The Morgan fingerprint density at radius 1 is 1.25 bits per heavy atom. The van der Waals surface area contributed by atoms with Crippen LogP contribution in [0.1, 0.15) is 23.1 Å². The van der Waals surface area contributed by atoms with E-state index in [1.807, 2.05) is 0 Å². The fraction of sp³-hybridized carbons (Fsp3) is 0.409. The zero-order valence-corrected chi connectivity index (χ0v) is 17.6. The summed E-state index contributed by atoms with van der Waals surface area (Å²) in [5, 5.41) is 43.5. The number of halogens is 1. The molecule has 4 rings (SSSR count). The van der Waals surface area contributed by atoms with Crippen molar-refractivity contribution in [2.75, 3.05) is 14.1 Å². The monoisotopic (exact) mass is 446 g/mol. The summed E-state index contributed by atoms with van der Waals surface area (Å²) in [5.41, 5.74) is 1.27. The Labute approximate surface area is 182 Å². The number of phenolic OH excluding ortho intramolecular Hbond substituents is 1. The molecule has 9 nitrogen and oxygen atoms in total. The van der Waals surface area contributed by atoms with Crippen molar-refractivity contribution in [2.45, 2.75) is 31.4 Å². The molecule has 1 aromatic rings. The van der Waals surface area contributed by atoms with Gasteiger partial charge in [-0.15, -0.1) is 0 Å². The molecule has 0 heterocycles. The van der Waals surface area contributed by atoms with Gasteiger partial charge in [0.05, 0.1) is 11.6 Å². The van der Waals surface area contributed by atoms with Crippen LogP contribution in [0, 0.1) is 24.6 Å². The molecule has 10 heteroatoms. The number of phenols is 1. The van der Waals surface area contributed by atoms with Crippen LogP contribution in [0.3, 0.4) is 0 Å². The highest BCUT2D eigenvalue weighted by atomic mass is 19.1. The first-order valence-corrected chi connectivity index (χ1v) is 9.99. The summed E-state index contributed by atoms with van der Waals surface area (Å²) in [7, 11) is 3.02. The molecule has 0 spiro atoms. The molecule has 0 saturated heterocycles. The number of benzene rings is 1. The highest BCUT2D eigenvalue weighted by Crippen LogP contribution is 2.53. The summed E-state index contributed by atoms with van der Waals surface area (Å²) in [6.45, 7) is 1.43. The number of carbonyl (C=O) groups excluding carboxylic acids is 3. The molecule has 6 N–H and O–H groups in total. The number of likely N-dealkylation sites (N-methyl/N-ethyl adjacent to an activating group) is 1. The van der Waals surface area contributed by atoms with Crippen molar-refractivity contribution >= 4 is 23.2 Å². The molecule has 170 valence electrons. The van der Waals surface area contributed by atoms with Crippen LogP contribution >= 0.6 is 0 Å². The lowest BCUT2D eigenvalue weighted by molar-refractivity contribution is -0.153. The number of carbonyl (C=O) groups is 3. The number of primary amides is 1. The van der Waals surface area contributed by atoms with Crippen LogP contribution in [0.4, 0.5) is 4.39 Å². The Hall–Kier alpha value is -3.24. The average molecular weight is 446 g/mol. The van der Waals surface area contributed by atoms with E-state index in [4.69, 9.17) is 5.73 Å². The molecule has 1 fully saturated rings. The number of aromatic hydroxyl groups is 1. The number of aliphatic hydroxyl groups is 3. The molecular weight excluding hydrogens is 423 g/mol. The predicted molar refractivity (Wildman–Crippen MR) is 109 cm³/mol. The summed E-state index contributed by atoms with van der Waals surface area (Å²) in [5.74, 6) is -8.20. The van der Waals surface area contributed by atoms with Gasteiger partial charge >= 0.3 is 0 Å². The fourth-order valence-corrected chi connectivity index (χ4v) is 5.39. The minimum atomic E-state index is -2.71. The van der Waals surface area contributed by atoms with E-state index in [9.17, 15) is 39.2 Å². The molecule has 0 aromatic heterocycles. The highest BCUT2D eigenvalue weighted by molar-refractivity contribution is 6.24. The van der Waals surface area contributed by atoms with E-state index in [2.05, 4.69) is 0 Å². The second kappa shape index (κ2) is 6.88. The molecule has 0 unspecified atom stereocenters. The van der Waals surface area contributed by atoms with Crippen LogP contribution in [-0.2, 0) is 20.8 Å². The molecule has 4 atom stereocenters.